The molecule has 1 unspecified atom stereocenters. The van der Waals surface area contributed by atoms with Crippen LogP contribution in [0.2, 0.25) is 0 Å². The summed E-state index contributed by atoms with van der Waals surface area (Å²) in [6.45, 7) is -0.772. The maximum Gasteiger partial charge on any atom is 0.387 e. The highest BCUT2D eigenvalue weighted by Gasteiger charge is 2.39. The monoisotopic (exact) mass is 549 g/mol. The Morgan fingerprint density at radius 1 is 1.10 bits per heavy atom. The number of anilines is 1. The number of fused-ring (bicyclic) bond motifs is 1. The van der Waals surface area contributed by atoms with Crippen molar-refractivity contribution in [3.05, 3.63) is 89.5 Å². The molecule has 2 N–H and O–H groups in total. The second kappa shape index (κ2) is 10.7. The van der Waals surface area contributed by atoms with Gasteiger partial charge in [0, 0.05) is 13.6 Å². The van der Waals surface area contributed by atoms with Gasteiger partial charge in [-0.3, -0.25) is 14.8 Å². The first kappa shape index (κ1) is 26.7. The van der Waals surface area contributed by atoms with Gasteiger partial charge in [-0.1, -0.05) is 42.5 Å². The number of aliphatic hydroxyl groups is 1. The van der Waals surface area contributed by atoms with Crippen LogP contribution in [0.5, 0.6) is 11.6 Å². The van der Waals surface area contributed by atoms with Crippen LogP contribution in [-0.4, -0.2) is 54.0 Å². The minimum atomic E-state index is -2.98. The molecule has 0 bridgehead atoms. The third-order valence-corrected chi connectivity index (χ3v) is 6.30. The van der Waals surface area contributed by atoms with E-state index in [4.69, 9.17) is 4.74 Å². The number of amides is 1. The van der Waals surface area contributed by atoms with Crippen LogP contribution in [0.1, 0.15) is 34.2 Å². The zero-order valence-corrected chi connectivity index (χ0v) is 21.7. The van der Waals surface area contributed by atoms with Crippen LogP contribution in [0.4, 0.5) is 14.7 Å². The minimum Gasteiger partial charge on any atom is -0.480 e. The SMILES string of the molecule is CCn1c(C(O)(c2ccccc2)c2ccc(OC(F)F)cc2)nc2nc(OC)c(C(=O)Nc3ncn(C)n3)cc21. The lowest BCUT2D eigenvalue weighted by atomic mass is 9.85. The highest BCUT2D eigenvalue weighted by molar-refractivity contribution is 6.06. The molecule has 3 heterocycles. The van der Waals surface area contributed by atoms with Gasteiger partial charge in [0.2, 0.25) is 11.8 Å². The fourth-order valence-corrected chi connectivity index (χ4v) is 4.49. The number of methoxy groups -OCH3 is 1. The summed E-state index contributed by atoms with van der Waals surface area (Å²) < 4.78 is 38.5. The second-order valence-corrected chi connectivity index (χ2v) is 8.74. The van der Waals surface area contributed by atoms with Gasteiger partial charge in [-0.05, 0) is 36.2 Å². The topological polar surface area (TPSA) is 129 Å². The fourth-order valence-electron chi connectivity index (χ4n) is 4.49. The maximum absolute atomic E-state index is 13.1. The average molecular weight is 550 g/mol. The number of hydrogen-bond donors (Lipinski definition) is 2. The summed E-state index contributed by atoms with van der Waals surface area (Å²) in [5.74, 6) is -0.266. The lowest BCUT2D eigenvalue weighted by Gasteiger charge is -2.29. The van der Waals surface area contributed by atoms with E-state index in [1.54, 1.807) is 48.0 Å². The molecule has 2 aromatic carbocycles. The second-order valence-electron chi connectivity index (χ2n) is 8.74. The summed E-state index contributed by atoms with van der Waals surface area (Å²) in [5, 5.41) is 19.1. The van der Waals surface area contributed by atoms with Crippen molar-refractivity contribution < 1.29 is 28.2 Å². The quantitative estimate of drug-likeness (QED) is 0.285. The Kier molecular flexibility index (Phi) is 7.13. The van der Waals surface area contributed by atoms with Crippen LogP contribution in [0.3, 0.4) is 0 Å². The van der Waals surface area contributed by atoms with E-state index in [9.17, 15) is 18.7 Å². The first-order valence-electron chi connectivity index (χ1n) is 12.2. The van der Waals surface area contributed by atoms with Gasteiger partial charge in [-0.2, -0.15) is 13.8 Å². The number of aryl methyl sites for hydroxylation is 2. The van der Waals surface area contributed by atoms with Crippen LogP contribution in [-0.2, 0) is 19.2 Å². The molecule has 206 valence electrons. The van der Waals surface area contributed by atoms with E-state index in [1.807, 2.05) is 6.92 Å². The molecule has 0 saturated heterocycles. The molecule has 5 rings (SSSR count). The maximum atomic E-state index is 13.1. The molecule has 5 aromatic rings. The summed E-state index contributed by atoms with van der Waals surface area (Å²) in [6.07, 6.45) is 1.45. The number of aromatic nitrogens is 6. The number of carbonyl (C=O) groups excluding carboxylic acids is 1. The van der Waals surface area contributed by atoms with E-state index in [0.29, 0.717) is 23.2 Å². The molecule has 11 nitrogen and oxygen atoms in total. The van der Waals surface area contributed by atoms with Crippen molar-refractivity contribution in [2.75, 3.05) is 12.4 Å². The summed E-state index contributed by atoms with van der Waals surface area (Å²) in [7, 11) is 3.05. The lowest BCUT2D eigenvalue weighted by Crippen LogP contribution is -2.32. The molecule has 0 aliphatic heterocycles. The van der Waals surface area contributed by atoms with Crippen molar-refractivity contribution in [3.63, 3.8) is 0 Å². The van der Waals surface area contributed by atoms with Crippen molar-refractivity contribution in [1.29, 1.82) is 0 Å². The standard InChI is InChI=1S/C27H25F2N7O4/c1-4-36-20-14-19(22(37)33-26-30-15-35(2)34-26)23(39-3)31-21(20)32-24(36)27(38,16-8-6-5-7-9-16)17-10-12-18(13-11-17)40-25(28)29/h5-15,25,38H,4H2,1-3H3,(H,33,34,37). The van der Waals surface area contributed by atoms with Gasteiger partial charge in [0.25, 0.3) is 5.91 Å². The van der Waals surface area contributed by atoms with E-state index in [1.165, 1.54) is 42.4 Å². The molecule has 3 aromatic heterocycles. The molecule has 40 heavy (non-hydrogen) atoms. The minimum absolute atomic E-state index is 0.0185. The lowest BCUT2D eigenvalue weighted by molar-refractivity contribution is -0.0498. The first-order valence-corrected chi connectivity index (χ1v) is 12.2. The Balaban J connectivity index is 1.67. The van der Waals surface area contributed by atoms with Gasteiger partial charge in [-0.25, -0.2) is 9.97 Å². The van der Waals surface area contributed by atoms with Gasteiger partial charge in [-0.15, -0.1) is 5.10 Å². The zero-order valence-electron chi connectivity index (χ0n) is 21.7. The Morgan fingerprint density at radius 3 is 2.40 bits per heavy atom. The number of pyridine rings is 1. The normalized spacial score (nSPS) is 12.9. The molecule has 1 atom stereocenters. The molecule has 0 saturated carbocycles. The number of hydrogen-bond acceptors (Lipinski definition) is 8. The molecular weight excluding hydrogens is 524 g/mol. The van der Waals surface area contributed by atoms with E-state index in [0.717, 1.165) is 0 Å². The molecule has 0 radical (unpaired) electrons. The number of carbonyl (C=O) groups is 1. The number of imidazole rings is 1. The number of alkyl halides is 2. The molecule has 0 spiro atoms. The number of benzene rings is 2. The number of halogens is 2. The number of ether oxygens (including phenoxy) is 2. The highest BCUT2D eigenvalue weighted by atomic mass is 19.3. The Labute approximate surface area is 227 Å². The first-order chi connectivity index (χ1) is 19.2. The van der Waals surface area contributed by atoms with Crippen molar-refractivity contribution in [3.8, 4) is 11.6 Å². The van der Waals surface area contributed by atoms with Gasteiger partial charge >= 0.3 is 6.61 Å². The van der Waals surface area contributed by atoms with Crippen LogP contribution in [0.15, 0.2) is 67.0 Å². The third-order valence-electron chi connectivity index (χ3n) is 6.30. The predicted octanol–water partition coefficient (Wildman–Crippen LogP) is 3.73. The third kappa shape index (κ3) is 4.82. The van der Waals surface area contributed by atoms with Crippen LogP contribution in [0.25, 0.3) is 11.2 Å². The van der Waals surface area contributed by atoms with Crippen LogP contribution in [0, 0.1) is 0 Å². The zero-order chi connectivity index (χ0) is 28.4. The van der Waals surface area contributed by atoms with Gasteiger partial charge in [0.15, 0.2) is 17.1 Å². The number of nitrogens with one attached hydrogen (secondary N) is 1. The molecule has 13 heteroatoms. The van der Waals surface area contributed by atoms with E-state index >= 15 is 0 Å². The van der Waals surface area contributed by atoms with Crippen molar-refractivity contribution >= 4 is 23.0 Å². The van der Waals surface area contributed by atoms with E-state index in [-0.39, 0.29) is 34.6 Å². The highest BCUT2D eigenvalue weighted by Crippen LogP contribution is 2.39. The summed E-state index contributed by atoms with van der Waals surface area (Å²) >= 11 is 0. The number of rotatable bonds is 9. The van der Waals surface area contributed by atoms with Crippen LogP contribution >= 0.6 is 0 Å². The largest absolute Gasteiger partial charge is 0.480 e. The predicted molar refractivity (Wildman–Crippen MR) is 140 cm³/mol. The fraction of sp³-hybridized carbons (Fsp3) is 0.222. The summed E-state index contributed by atoms with van der Waals surface area (Å²) in [4.78, 5) is 26.3. The Morgan fingerprint density at radius 2 is 1.80 bits per heavy atom. The smallest absolute Gasteiger partial charge is 0.387 e. The molecular formula is C27H25F2N7O4. The van der Waals surface area contributed by atoms with Crippen molar-refractivity contribution in [2.45, 2.75) is 25.7 Å². The molecule has 0 fully saturated rings. The molecule has 0 aliphatic carbocycles. The molecule has 0 aliphatic rings. The van der Waals surface area contributed by atoms with E-state index < -0.39 is 18.1 Å². The summed E-state index contributed by atoms with van der Waals surface area (Å²) in [6, 6.07) is 16.1. The van der Waals surface area contributed by atoms with Gasteiger partial charge in [0.1, 0.15) is 17.6 Å². The van der Waals surface area contributed by atoms with Gasteiger partial charge in [0.05, 0.1) is 12.6 Å². The van der Waals surface area contributed by atoms with Crippen molar-refractivity contribution in [2.24, 2.45) is 7.05 Å². The Hall–Kier alpha value is -4.91. The van der Waals surface area contributed by atoms with Crippen molar-refractivity contribution in [1.82, 2.24) is 29.3 Å². The Bertz CT molecular complexity index is 1660. The van der Waals surface area contributed by atoms with Crippen LogP contribution < -0.4 is 14.8 Å². The van der Waals surface area contributed by atoms with Gasteiger partial charge < -0.3 is 19.1 Å². The number of nitrogens with zero attached hydrogens (tertiary/aromatic N) is 6. The average Bonchev–Trinajstić information content (AvgIpc) is 3.54. The summed E-state index contributed by atoms with van der Waals surface area (Å²) in [5.41, 5.74) is -0.183. The van der Waals surface area contributed by atoms with E-state index in [2.05, 4.69) is 30.1 Å². The molecule has 1 amide bonds.